The summed E-state index contributed by atoms with van der Waals surface area (Å²) in [6.45, 7) is 4.63. The van der Waals surface area contributed by atoms with Gasteiger partial charge in [-0.15, -0.1) is 0 Å². The van der Waals surface area contributed by atoms with Gasteiger partial charge in [0.25, 0.3) is 11.5 Å². The van der Waals surface area contributed by atoms with E-state index in [0.29, 0.717) is 0 Å². The van der Waals surface area contributed by atoms with E-state index < -0.39 is 72.5 Å². The zero-order valence-corrected chi connectivity index (χ0v) is 19.7. The molecule has 1 heterocycles. The van der Waals surface area contributed by atoms with Gasteiger partial charge >= 0.3 is 29.6 Å². The number of esters is 4. The molecular weight excluding hydrogens is 472 g/mol. The highest BCUT2D eigenvalue weighted by molar-refractivity contribution is 5.78. The Morgan fingerprint density at radius 3 is 2.14 bits per heavy atom. The molecule has 1 aromatic rings. The highest BCUT2D eigenvalue weighted by Gasteiger charge is 2.37. The Hall–Kier alpha value is -4.30. The van der Waals surface area contributed by atoms with Crippen LogP contribution in [0.5, 0.6) is 0 Å². The maximum atomic E-state index is 12.2. The lowest BCUT2D eigenvalue weighted by molar-refractivity contribution is -0.183. The number of rotatable bonds is 11. The molecule has 1 aromatic heterocycles. The fraction of sp³-hybridized carbons (Fsp3) is 0.500. The van der Waals surface area contributed by atoms with Crippen LogP contribution < -0.4 is 16.7 Å². The minimum atomic E-state index is -1.51. The van der Waals surface area contributed by atoms with E-state index in [9.17, 15) is 33.6 Å². The number of nitrogens with one attached hydrogen (secondary N) is 2. The highest BCUT2D eigenvalue weighted by Crippen LogP contribution is 2.14. The molecule has 0 spiro atoms. The van der Waals surface area contributed by atoms with E-state index in [1.807, 2.05) is 4.98 Å². The van der Waals surface area contributed by atoms with Crippen molar-refractivity contribution in [2.75, 3.05) is 6.61 Å². The molecule has 0 aliphatic heterocycles. The third-order valence-electron chi connectivity index (χ3n) is 3.98. The first-order chi connectivity index (χ1) is 16.3. The van der Waals surface area contributed by atoms with Crippen molar-refractivity contribution in [1.82, 2.24) is 15.0 Å². The van der Waals surface area contributed by atoms with E-state index in [0.717, 1.165) is 38.5 Å². The molecule has 0 fully saturated rings. The largest absolute Gasteiger partial charge is 0.462 e. The van der Waals surface area contributed by atoms with Crippen LogP contribution in [0.15, 0.2) is 20.9 Å². The average Bonchev–Trinajstić information content (AvgIpc) is 2.72. The minimum absolute atomic E-state index is 0.198. The van der Waals surface area contributed by atoms with Crippen molar-refractivity contribution in [1.29, 1.82) is 0 Å². The van der Waals surface area contributed by atoms with Gasteiger partial charge in [0, 0.05) is 39.5 Å². The van der Waals surface area contributed by atoms with Crippen molar-refractivity contribution in [3.05, 3.63) is 32.6 Å². The number of amides is 1. The SMILES string of the molecule is CC(=O)OC[C@@H](OC(C)=O)[C@H](OC(C)=O)[C@H](/C=N/NC(=O)Cn1cc(C)c(=O)[nH]c1=O)OC(C)=O. The topological polar surface area (TPSA) is 202 Å². The number of carbonyl (C=O) groups is 5. The quantitative estimate of drug-likeness (QED) is 0.152. The summed E-state index contributed by atoms with van der Waals surface area (Å²) in [5.74, 6) is -4.02. The van der Waals surface area contributed by atoms with Crippen LogP contribution >= 0.6 is 0 Å². The molecule has 1 amide bonds. The van der Waals surface area contributed by atoms with Gasteiger partial charge in [-0.05, 0) is 6.92 Å². The van der Waals surface area contributed by atoms with E-state index >= 15 is 0 Å². The summed E-state index contributed by atoms with van der Waals surface area (Å²) >= 11 is 0. The second-order valence-corrected chi connectivity index (χ2v) is 7.11. The molecule has 2 N–H and O–H groups in total. The van der Waals surface area contributed by atoms with Crippen molar-refractivity contribution in [3.8, 4) is 0 Å². The first-order valence-corrected chi connectivity index (χ1v) is 10.1. The summed E-state index contributed by atoms with van der Waals surface area (Å²) in [6, 6.07) is 0. The Kier molecular flexibility index (Phi) is 11.0. The first-order valence-electron chi connectivity index (χ1n) is 10.1. The highest BCUT2D eigenvalue weighted by atomic mass is 16.6. The molecule has 1 rings (SSSR count). The third kappa shape index (κ3) is 10.4. The monoisotopic (exact) mass is 498 g/mol. The molecule has 0 aliphatic carbocycles. The van der Waals surface area contributed by atoms with Crippen molar-refractivity contribution in [2.45, 2.75) is 59.5 Å². The molecule has 0 bridgehead atoms. The minimum Gasteiger partial charge on any atom is -0.462 e. The van der Waals surface area contributed by atoms with Crippen molar-refractivity contribution >= 4 is 36.0 Å². The van der Waals surface area contributed by atoms with Gasteiger partial charge in [-0.2, -0.15) is 5.10 Å². The number of hydrazone groups is 1. The van der Waals surface area contributed by atoms with Crippen LogP contribution in [0.25, 0.3) is 0 Å². The van der Waals surface area contributed by atoms with Gasteiger partial charge in [-0.25, -0.2) is 10.2 Å². The number of aromatic nitrogens is 2. The van der Waals surface area contributed by atoms with Gasteiger partial charge in [0.05, 0.1) is 6.21 Å². The van der Waals surface area contributed by atoms with E-state index in [-0.39, 0.29) is 5.56 Å². The van der Waals surface area contributed by atoms with Crippen LogP contribution in [0.4, 0.5) is 0 Å². The summed E-state index contributed by atoms with van der Waals surface area (Å²) in [7, 11) is 0. The molecule has 35 heavy (non-hydrogen) atoms. The van der Waals surface area contributed by atoms with Crippen LogP contribution in [0, 0.1) is 6.92 Å². The molecule has 15 heteroatoms. The molecule has 0 aromatic carbocycles. The number of hydrogen-bond acceptors (Lipinski definition) is 12. The van der Waals surface area contributed by atoms with Crippen LogP contribution in [0.1, 0.15) is 33.3 Å². The summed E-state index contributed by atoms with van der Waals surface area (Å²) in [6.07, 6.45) is -2.33. The summed E-state index contributed by atoms with van der Waals surface area (Å²) < 4.78 is 21.1. The predicted octanol–water partition coefficient (Wildman–Crippen LogP) is -1.69. The Balaban J connectivity index is 3.13. The molecule has 15 nitrogen and oxygen atoms in total. The third-order valence-corrected chi connectivity index (χ3v) is 3.98. The predicted molar refractivity (Wildman–Crippen MR) is 116 cm³/mol. The number of aromatic amines is 1. The number of aryl methyl sites for hydroxylation is 1. The molecule has 192 valence electrons. The fourth-order valence-electron chi connectivity index (χ4n) is 2.64. The van der Waals surface area contributed by atoms with Crippen LogP contribution in [-0.4, -0.2) is 70.5 Å². The Bertz CT molecular complexity index is 1110. The average molecular weight is 498 g/mol. The lowest BCUT2D eigenvalue weighted by atomic mass is 10.1. The number of hydrogen-bond donors (Lipinski definition) is 2. The molecule has 0 unspecified atom stereocenters. The van der Waals surface area contributed by atoms with Crippen molar-refractivity contribution < 1.29 is 42.9 Å². The normalized spacial score (nSPS) is 13.3. The molecule has 3 atom stereocenters. The molecule has 0 saturated heterocycles. The Labute approximate surface area is 198 Å². The van der Waals surface area contributed by atoms with Crippen LogP contribution in [0.3, 0.4) is 0 Å². The van der Waals surface area contributed by atoms with Gasteiger partial charge in [0.15, 0.2) is 18.3 Å². The van der Waals surface area contributed by atoms with E-state index in [2.05, 4.69) is 10.5 Å². The van der Waals surface area contributed by atoms with Crippen molar-refractivity contribution in [3.63, 3.8) is 0 Å². The van der Waals surface area contributed by atoms with Gasteiger partial charge < -0.3 is 18.9 Å². The maximum Gasteiger partial charge on any atom is 0.328 e. The molecular formula is C20H26N4O11. The van der Waals surface area contributed by atoms with E-state index in [4.69, 9.17) is 18.9 Å². The van der Waals surface area contributed by atoms with Gasteiger partial charge in [0.1, 0.15) is 13.2 Å². The lowest BCUT2D eigenvalue weighted by Crippen LogP contribution is -2.48. The zero-order valence-electron chi connectivity index (χ0n) is 19.7. The zero-order chi connectivity index (χ0) is 26.7. The number of nitrogens with zero attached hydrogens (tertiary/aromatic N) is 2. The van der Waals surface area contributed by atoms with Gasteiger partial charge in [0.2, 0.25) is 0 Å². The Morgan fingerprint density at radius 1 is 1.00 bits per heavy atom. The van der Waals surface area contributed by atoms with E-state index in [1.54, 1.807) is 0 Å². The van der Waals surface area contributed by atoms with Gasteiger partial charge in [-0.1, -0.05) is 0 Å². The second kappa shape index (κ2) is 13.4. The summed E-state index contributed by atoms with van der Waals surface area (Å²) in [5, 5.41) is 3.65. The molecule has 0 radical (unpaired) electrons. The smallest absolute Gasteiger partial charge is 0.328 e. The lowest BCUT2D eigenvalue weighted by Gasteiger charge is -2.29. The van der Waals surface area contributed by atoms with Crippen molar-refractivity contribution in [2.24, 2.45) is 5.10 Å². The number of H-pyrrole nitrogens is 1. The number of carbonyl (C=O) groups excluding carboxylic acids is 5. The second-order valence-electron chi connectivity index (χ2n) is 7.11. The molecule has 0 aliphatic rings. The first kappa shape index (κ1) is 28.7. The standard InChI is InChI=1S/C20H26N4O11/c1-10-7-24(20(31)22-19(10)30)8-17(29)23-21-6-15(33-12(3)26)18(35-14(5)28)16(34-13(4)27)9-32-11(2)25/h6-7,15-16,18H,8-9H2,1-5H3,(H,23,29)(H,22,30,31)/b21-6+/t15-,16+,18+/m0/s1. The maximum absolute atomic E-state index is 12.2. The van der Waals surface area contributed by atoms with E-state index in [1.165, 1.54) is 13.1 Å². The van der Waals surface area contributed by atoms with Crippen LogP contribution in [0.2, 0.25) is 0 Å². The van der Waals surface area contributed by atoms with Gasteiger partial charge in [-0.3, -0.25) is 38.3 Å². The number of ether oxygens (including phenoxy) is 4. The fourth-order valence-corrected chi connectivity index (χ4v) is 2.64. The summed E-state index contributed by atoms with van der Waals surface area (Å²) in [4.78, 5) is 83.5. The van der Waals surface area contributed by atoms with Crippen LogP contribution in [-0.2, 0) is 49.5 Å². The summed E-state index contributed by atoms with van der Waals surface area (Å²) in [5.41, 5.74) is 0.873. The molecule has 0 saturated carbocycles. The Morgan fingerprint density at radius 2 is 1.60 bits per heavy atom.